The standard InChI is InChI=1S/C13H26FN3/c1-2-16-6-3-11(4-7-16)9-17-8-5-13(15)12(14)10-17/h11-13H,2-10,15H2,1H3/t12-,13+/m1/s1. The Morgan fingerprint density at radius 2 is 1.76 bits per heavy atom. The zero-order chi connectivity index (χ0) is 12.3. The number of hydrogen-bond acceptors (Lipinski definition) is 3. The first-order valence-electron chi connectivity index (χ1n) is 7.03. The van der Waals surface area contributed by atoms with Gasteiger partial charge in [-0.2, -0.15) is 0 Å². The van der Waals surface area contributed by atoms with Gasteiger partial charge in [-0.1, -0.05) is 6.92 Å². The van der Waals surface area contributed by atoms with E-state index in [0.717, 1.165) is 32.0 Å². The molecule has 2 aliphatic heterocycles. The molecule has 0 saturated carbocycles. The van der Waals surface area contributed by atoms with Crippen LogP contribution in [0.2, 0.25) is 0 Å². The summed E-state index contributed by atoms with van der Waals surface area (Å²) in [5, 5.41) is 0. The van der Waals surface area contributed by atoms with Gasteiger partial charge in [0, 0.05) is 19.1 Å². The summed E-state index contributed by atoms with van der Waals surface area (Å²) in [6.45, 7) is 8.43. The fourth-order valence-electron chi connectivity index (χ4n) is 3.00. The molecule has 2 atom stereocenters. The number of nitrogens with zero attached hydrogens (tertiary/aromatic N) is 2. The van der Waals surface area contributed by atoms with Crippen molar-refractivity contribution in [3.63, 3.8) is 0 Å². The van der Waals surface area contributed by atoms with Gasteiger partial charge in [-0.15, -0.1) is 0 Å². The Balaban J connectivity index is 1.71. The van der Waals surface area contributed by atoms with Crippen LogP contribution < -0.4 is 5.73 Å². The minimum Gasteiger partial charge on any atom is -0.325 e. The second-order valence-electron chi connectivity index (χ2n) is 5.61. The molecule has 0 aromatic carbocycles. The van der Waals surface area contributed by atoms with E-state index in [1.54, 1.807) is 0 Å². The summed E-state index contributed by atoms with van der Waals surface area (Å²) >= 11 is 0. The Bertz CT molecular complexity index is 229. The summed E-state index contributed by atoms with van der Waals surface area (Å²) in [5.41, 5.74) is 5.70. The van der Waals surface area contributed by atoms with Crippen molar-refractivity contribution < 1.29 is 4.39 Å². The Hall–Kier alpha value is -0.190. The van der Waals surface area contributed by atoms with Crippen molar-refractivity contribution in [3.8, 4) is 0 Å². The zero-order valence-corrected chi connectivity index (χ0v) is 10.9. The van der Waals surface area contributed by atoms with E-state index in [-0.39, 0.29) is 6.04 Å². The minimum absolute atomic E-state index is 0.229. The number of likely N-dealkylation sites (tertiary alicyclic amines) is 2. The highest BCUT2D eigenvalue weighted by Crippen LogP contribution is 2.20. The third-order valence-corrected chi connectivity index (χ3v) is 4.35. The Kier molecular flexibility index (Phi) is 4.77. The van der Waals surface area contributed by atoms with Gasteiger partial charge in [-0.05, 0) is 51.4 Å². The predicted octanol–water partition coefficient (Wildman–Crippen LogP) is 1.09. The van der Waals surface area contributed by atoms with Crippen molar-refractivity contribution >= 4 is 0 Å². The van der Waals surface area contributed by atoms with E-state index in [2.05, 4.69) is 16.7 Å². The predicted molar refractivity (Wildman–Crippen MR) is 68.8 cm³/mol. The lowest BCUT2D eigenvalue weighted by Gasteiger charge is -2.37. The Morgan fingerprint density at radius 3 is 2.35 bits per heavy atom. The van der Waals surface area contributed by atoms with E-state index < -0.39 is 6.17 Å². The average molecular weight is 243 g/mol. The van der Waals surface area contributed by atoms with Crippen LogP contribution in [0.3, 0.4) is 0 Å². The maximum absolute atomic E-state index is 13.5. The summed E-state index contributed by atoms with van der Waals surface area (Å²) in [5.74, 6) is 0.763. The largest absolute Gasteiger partial charge is 0.325 e. The van der Waals surface area contributed by atoms with E-state index in [1.807, 2.05) is 0 Å². The van der Waals surface area contributed by atoms with E-state index in [9.17, 15) is 4.39 Å². The molecule has 0 aromatic heterocycles. The van der Waals surface area contributed by atoms with E-state index in [4.69, 9.17) is 5.73 Å². The van der Waals surface area contributed by atoms with Crippen molar-refractivity contribution in [2.24, 2.45) is 11.7 Å². The molecule has 0 radical (unpaired) electrons. The van der Waals surface area contributed by atoms with Crippen LogP contribution in [0.15, 0.2) is 0 Å². The van der Waals surface area contributed by atoms with Gasteiger partial charge in [0.2, 0.25) is 0 Å². The molecule has 2 N–H and O–H groups in total. The van der Waals surface area contributed by atoms with E-state index in [0.29, 0.717) is 6.54 Å². The highest BCUT2D eigenvalue weighted by Gasteiger charge is 2.28. The molecule has 0 aliphatic carbocycles. The van der Waals surface area contributed by atoms with Gasteiger partial charge in [-0.25, -0.2) is 4.39 Å². The quantitative estimate of drug-likeness (QED) is 0.805. The summed E-state index contributed by atoms with van der Waals surface area (Å²) < 4.78 is 13.5. The smallest absolute Gasteiger partial charge is 0.128 e. The molecule has 0 aromatic rings. The van der Waals surface area contributed by atoms with Gasteiger partial charge in [0.15, 0.2) is 0 Å². The molecule has 2 heterocycles. The molecule has 3 nitrogen and oxygen atoms in total. The van der Waals surface area contributed by atoms with Crippen LogP contribution in [-0.4, -0.2) is 61.3 Å². The lowest BCUT2D eigenvalue weighted by molar-refractivity contribution is 0.0867. The van der Waals surface area contributed by atoms with Crippen LogP contribution >= 0.6 is 0 Å². The first-order chi connectivity index (χ1) is 8.19. The van der Waals surface area contributed by atoms with Gasteiger partial charge in [-0.3, -0.25) is 0 Å². The number of rotatable bonds is 3. The Morgan fingerprint density at radius 1 is 1.12 bits per heavy atom. The van der Waals surface area contributed by atoms with Crippen LogP contribution in [0, 0.1) is 5.92 Å². The second kappa shape index (κ2) is 6.12. The molecule has 0 spiro atoms. The normalized spacial score (nSPS) is 34.1. The highest BCUT2D eigenvalue weighted by molar-refractivity contribution is 4.84. The molecule has 4 heteroatoms. The molecule has 0 bridgehead atoms. The molecule has 2 rings (SSSR count). The van der Waals surface area contributed by atoms with Gasteiger partial charge in [0.25, 0.3) is 0 Å². The molecule has 17 heavy (non-hydrogen) atoms. The van der Waals surface area contributed by atoms with Crippen LogP contribution in [0.25, 0.3) is 0 Å². The summed E-state index contributed by atoms with van der Waals surface area (Å²) in [4.78, 5) is 4.78. The number of alkyl halides is 1. The fourth-order valence-corrected chi connectivity index (χ4v) is 3.00. The monoisotopic (exact) mass is 243 g/mol. The maximum atomic E-state index is 13.5. The maximum Gasteiger partial charge on any atom is 0.128 e. The highest BCUT2D eigenvalue weighted by atomic mass is 19.1. The van der Waals surface area contributed by atoms with E-state index in [1.165, 1.54) is 25.9 Å². The average Bonchev–Trinajstić information content (AvgIpc) is 2.35. The topological polar surface area (TPSA) is 32.5 Å². The van der Waals surface area contributed by atoms with Gasteiger partial charge in [0.05, 0.1) is 0 Å². The molecule has 0 unspecified atom stereocenters. The van der Waals surface area contributed by atoms with Crippen LogP contribution in [0.1, 0.15) is 26.2 Å². The number of hydrogen-bond donors (Lipinski definition) is 1. The number of nitrogens with two attached hydrogens (primary N) is 1. The van der Waals surface area contributed by atoms with Crippen molar-refractivity contribution in [3.05, 3.63) is 0 Å². The first kappa shape index (κ1) is 13.2. The molecule has 2 fully saturated rings. The molecule has 100 valence electrons. The van der Waals surface area contributed by atoms with Gasteiger partial charge >= 0.3 is 0 Å². The molecule has 2 aliphatic rings. The van der Waals surface area contributed by atoms with Crippen LogP contribution in [0.4, 0.5) is 4.39 Å². The lowest BCUT2D eigenvalue weighted by atomic mass is 9.94. The minimum atomic E-state index is -0.820. The van der Waals surface area contributed by atoms with Crippen LogP contribution in [-0.2, 0) is 0 Å². The molecule has 2 saturated heterocycles. The number of halogens is 1. The molecular weight excluding hydrogens is 217 g/mol. The first-order valence-corrected chi connectivity index (χ1v) is 7.03. The summed E-state index contributed by atoms with van der Waals surface area (Å²) in [7, 11) is 0. The zero-order valence-electron chi connectivity index (χ0n) is 10.9. The Labute approximate surface area is 104 Å². The number of piperidine rings is 2. The molecule has 0 amide bonds. The van der Waals surface area contributed by atoms with E-state index >= 15 is 0 Å². The van der Waals surface area contributed by atoms with Crippen LogP contribution in [0.5, 0.6) is 0 Å². The summed E-state index contributed by atoms with van der Waals surface area (Å²) in [6, 6.07) is -0.229. The van der Waals surface area contributed by atoms with Crippen molar-refractivity contribution in [1.29, 1.82) is 0 Å². The third kappa shape index (κ3) is 3.63. The summed E-state index contributed by atoms with van der Waals surface area (Å²) in [6.07, 6.45) is 2.54. The van der Waals surface area contributed by atoms with Crippen molar-refractivity contribution in [2.75, 3.05) is 39.3 Å². The van der Waals surface area contributed by atoms with Crippen molar-refractivity contribution in [2.45, 2.75) is 38.4 Å². The molecular formula is C13H26FN3. The third-order valence-electron chi connectivity index (χ3n) is 4.35. The van der Waals surface area contributed by atoms with Crippen molar-refractivity contribution in [1.82, 2.24) is 9.80 Å². The second-order valence-corrected chi connectivity index (χ2v) is 5.61. The lowest BCUT2D eigenvalue weighted by Crippen LogP contribution is -2.50. The SMILES string of the molecule is CCN1CCC(CN2CC[C@H](N)[C@H](F)C2)CC1. The fraction of sp³-hybridized carbons (Fsp3) is 1.00. The van der Waals surface area contributed by atoms with Gasteiger partial charge in [0.1, 0.15) is 6.17 Å². The van der Waals surface area contributed by atoms with Gasteiger partial charge < -0.3 is 15.5 Å².